The number of aromatic hydroxyl groups is 1. The second-order valence-electron chi connectivity index (χ2n) is 4.56. The van der Waals surface area contributed by atoms with E-state index >= 15 is 0 Å². The first-order valence-corrected chi connectivity index (χ1v) is 6.10. The van der Waals surface area contributed by atoms with E-state index in [4.69, 9.17) is 4.74 Å². The minimum absolute atomic E-state index is 0.00147. The Morgan fingerprint density at radius 1 is 1.40 bits per heavy atom. The van der Waals surface area contributed by atoms with Crippen molar-refractivity contribution in [3.63, 3.8) is 0 Å². The van der Waals surface area contributed by atoms with Crippen LogP contribution in [0.2, 0.25) is 0 Å². The van der Waals surface area contributed by atoms with Crippen molar-refractivity contribution >= 4 is 11.8 Å². The Hall–Kier alpha value is -2.50. The standard InChI is InChI=1S/C14H16N2O4/c1-7-12(8(2)17)13(16-14(19)15-7)9-4-5-10(18)11(6-9)20-3/h4-6,13,18H,1-3H3,(H2,15,16,19)/t13-/m1/s1. The molecule has 20 heavy (non-hydrogen) atoms. The molecule has 1 aliphatic rings. The summed E-state index contributed by atoms with van der Waals surface area (Å²) >= 11 is 0. The summed E-state index contributed by atoms with van der Waals surface area (Å²) in [7, 11) is 1.44. The molecule has 0 spiro atoms. The van der Waals surface area contributed by atoms with Crippen LogP contribution in [-0.4, -0.2) is 24.0 Å². The van der Waals surface area contributed by atoms with Gasteiger partial charge < -0.3 is 20.5 Å². The van der Waals surface area contributed by atoms with Crippen LogP contribution >= 0.6 is 0 Å². The Bertz CT molecular complexity index is 607. The number of phenolic OH excluding ortho intramolecular Hbond substituents is 1. The van der Waals surface area contributed by atoms with Crippen molar-refractivity contribution in [1.82, 2.24) is 10.6 Å². The molecule has 0 fully saturated rings. The van der Waals surface area contributed by atoms with Gasteiger partial charge in [-0.15, -0.1) is 0 Å². The monoisotopic (exact) mass is 276 g/mol. The average molecular weight is 276 g/mol. The lowest BCUT2D eigenvalue weighted by molar-refractivity contribution is -0.114. The fraction of sp³-hybridized carbons (Fsp3) is 0.286. The second-order valence-corrected chi connectivity index (χ2v) is 4.56. The van der Waals surface area contributed by atoms with E-state index in [0.29, 0.717) is 16.8 Å². The molecule has 2 rings (SSSR count). The Morgan fingerprint density at radius 2 is 2.10 bits per heavy atom. The normalized spacial score (nSPS) is 18.4. The van der Waals surface area contributed by atoms with Crippen molar-refractivity contribution in [2.75, 3.05) is 7.11 Å². The topological polar surface area (TPSA) is 87.7 Å². The van der Waals surface area contributed by atoms with E-state index in [0.717, 1.165) is 0 Å². The maximum Gasteiger partial charge on any atom is 0.319 e. The number of hydrogen-bond acceptors (Lipinski definition) is 4. The van der Waals surface area contributed by atoms with Crippen LogP contribution in [0.4, 0.5) is 4.79 Å². The van der Waals surface area contributed by atoms with Gasteiger partial charge in [-0.1, -0.05) is 6.07 Å². The third-order valence-electron chi connectivity index (χ3n) is 3.19. The molecule has 2 amide bonds. The van der Waals surface area contributed by atoms with Crippen LogP contribution in [0.25, 0.3) is 0 Å². The molecule has 6 nitrogen and oxygen atoms in total. The summed E-state index contributed by atoms with van der Waals surface area (Å²) in [5.41, 5.74) is 1.68. The third-order valence-corrected chi connectivity index (χ3v) is 3.19. The van der Waals surface area contributed by atoms with Gasteiger partial charge in [0.05, 0.1) is 13.2 Å². The van der Waals surface area contributed by atoms with E-state index in [9.17, 15) is 14.7 Å². The minimum atomic E-state index is -0.559. The number of carbonyl (C=O) groups excluding carboxylic acids is 2. The van der Waals surface area contributed by atoms with Crippen LogP contribution in [-0.2, 0) is 4.79 Å². The van der Waals surface area contributed by atoms with Gasteiger partial charge in [-0.05, 0) is 31.5 Å². The van der Waals surface area contributed by atoms with Crippen molar-refractivity contribution < 1.29 is 19.4 Å². The summed E-state index contributed by atoms with van der Waals surface area (Å²) in [5.74, 6) is 0.157. The van der Waals surface area contributed by atoms with Gasteiger partial charge in [0.25, 0.3) is 0 Å². The molecular formula is C14H16N2O4. The molecule has 1 aromatic rings. The van der Waals surface area contributed by atoms with Crippen molar-refractivity contribution in [1.29, 1.82) is 0 Å². The van der Waals surface area contributed by atoms with Gasteiger partial charge in [0.1, 0.15) is 0 Å². The van der Waals surface area contributed by atoms with E-state index in [-0.39, 0.29) is 23.3 Å². The van der Waals surface area contributed by atoms with Gasteiger partial charge in [0, 0.05) is 11.3 Å². The lowest BCUT2D eigenvalue weighted by atomic mass is 9.93. The lowest BCUT2D eigenvalue weighted by Gasteiger charge is -2.28. The maximum absolute atomic E-state index is 11.8. The Kier molecular flexibility index (Phi) is 3.65. The highest BCUT2D eigenvalue weighted by Crippen LogP contribution is 2.33. The first-order valence-electron chi connectivity index (χ1n) is 6.10. The van der Waals surface area contributed by atoms with Crippen LogP contribution in [0.5, 0.6) is 11.5 Å². The Morgan fingerprint density at radius 3 is 2.70 bits per heavy atom. The van der Waals surface area contributed by atoms with Gasteiger partial charge in [0.15, 0.2) is 17.3 Å². The maximum atomic E-state index is 11.8. The summed E-state index contributed by atoms with van der Waals surface area (Å²) in [4.78, 5) is 23.4. The molecule has 0 radical (unpaired) electrons. The fourth-order valence-electron chi connectivity index (χ4n) is 2.28. The minimum Gasteiger partial charge on any atom is -0.504 e. The molecule has 0 saturated heterocycles. The molecule has 1 aliphatic heterocycles. The first-order chi connectivity index (χ1) is 9.43. The van der Waals surface area contributed by atoms with E-state index < -0.39 is 6.04 Å². The Balaban J connectivity index is 2.51. The predicted octanol–water partition coefficient (Wildman–Crippen LogP) is 1.62. The van der Waals surface area contributed by atoms with Crippen LogP contribution in [0, 0.1) is 0 Å². The zero-order valence-electron chi connectivity index (χ0n) is 11.5. The molecule has 3 N–H and O–H groups in total. The number of amides is 2. The smallest absolute Gasteiger partial charge is 0.319 e. The van der Waals surface area contributed by atoms with Crippen LogP contribution in [0.15, 0.2) is 29.5 Å². The first kappa shape index (κ1) is 13.9. The summed E-state index contributed by atoms with van der Waals surface area (Å²) in [6.07, 6.45) is 0. The average Bonchev–Trinajstić information content (AvgIpc) is 2.37. The zero-order chi connectivity index (χ0) is 14.9. The fourth-order valence-corrected chi connectivity index (χ4v) is 2.28. The lowest BCUT2D eigenvalue weighted by Crippen LogP contribution is -2.44. The number of urea groups is 1. The van der Waals surface area contributed by atoms with E-state index in [1.165, 1.54) is 20.1 Å². The number of methoxy groups -OCH3 is 1. The summed E-state index contributed by atoms with van der Waals surface area (Å²) < 4.78 is 5.05. The summed E-state index contributed by atoms with van der Waals surface area (Å²) in [6.45, 7) is 3.13. The van der Waals surface area contributed by atoms with Crippen LogP contribution in [0.3, 0.4) is 0 Å². The van der Waals surface area contributed by atoms with Crippen molar-refractivity contribution in [3.8, 4) is 11.5 Å². The van der Waals surface area contributed by atoms with Gasteiger partial charge in [-0.3, -0.25) is 4.79 Å². The number of ketones is 1. The number of carbonyl (C=O) groups is 2. The molecule has 0 saturated carbocycles. The van der Waals surface area contributed by atoms with Gasteiger partial charge in [-0.25, -0.2) is 4.79 Å². The number of hydrogen-bond donors (Lipinski definition) is 3. The highest BCUT2D eigenvalue weighted by atomic mass is 16.5. The van der Waals surface area contributed by atoms with E-state index in [2.05, 4.69) is 10.6 Å². The number of Topliss-reactive ketones (excluding diaryl/α,β-unsaturated/α-hetero) is 1. The molecule has 0 aliphatic carbocycles. The summed E-state index contributed by atoms with van der Waals surface area (Å²) in [5, 5.41) is 14.9. The van der Waals surface area contributed by atoms with Gasteiger partial charge in [0.2, 0.25) is 0 Å². The third kappa shape index (κ3) is 2.45. The quantitative estimate of drug-likeness (QED) is 0.782. The van der Waals surface area contributed by atoms with Crippen LogP contribution in [0.1, 0.15) is 25.5 Å². The zero-order valence-corrected chi connectivity index (χ0v) is 11.5. The van der Waals surface area contributed by atoms with Crippen molar-refractivity contribution in [2.45, 2.75) is 19.9 Å². The highest BCUT2D eigenvalue weighted by molar-refractivity contribution is 5.98. The molecule has 1 aromatic carbocycles. The highest BCUT2D eigenvalue weighted by Gasteiger charge is 2.29. The Labute approximate surface area is 116 Å². The number of nitrogens with one attached hydrogen (secondary N) is 2. The van der Waals surface area contributed by atoms with Crippen molar-refractivity contribution in [2.24, 2.45) is 0 Å². The predicted molar refractivity (Wildman–Crippen MR) is 72.4 cm³/mol. The molecule has 0 unspecified atom stereocenters. The van der Waals surface area contributed by atoms with Crippen molar-refractivity contribution in [3.05, 3.63) is 35.0 Å². The molecule has 0 aromatic heterocycles. The van der Waals surface area contributed by atoms with E-state index in [1.807, 2.05) is 0 Å². The van der Waals surface area contributed by atoms with Crippen LogP contribution < -0.4 is 15.4 Å². The second kappa shape index (κ2) is 5.24. The number of allylic oxidation sites excluding steroid dienone is 1. The van der Waals surface area contributed by atoms with Gasteiger partial charge in [-0.2, -0.15) is 0 Å². The summed E-state index contributed by atoms with van der Waals surface area (Å²) in [6, 6.07) is 3.78. The number of rotatable bonds is 3. The molecular weight excluding hydrogens is 260 g/mol. The van der Waals surface area contributed by atoms with Gasteiger partial charge >= 0.3 is 6.03 Å². The molecule has 1 heterocycles. The largest absolute Gasteiger partial charge is 0.504 e. The number of phenols is 1. The number of benzene rings is 1. The molecule has 1 atom stereocenters. The molecule has 0 bridgehead atoms. The molecule has 6 heteroatoms. The molecule has 106 valence electrons. The number of ether oxygens (including phenoxy) is 1. The van der Waals surface area contributed by atoms with E-state index in [1.54, 1.807) is 19.1 Å². The SMILES string of the molecule is COc1cc([C@H]2NC(=O)NC(C)=C2C(C)=O)ccc1O.